The number of nitrogens with zero attached hydrogens (tertiary/aromatic N) is 2. The molecule has 2 bridgehead atoms. The highest BCUT2D eigenvalue weighted by atomic mass is 16.4. The van der Waals surface area contributed by atoms with E-state index in [9.17, 15) is 24.3 Å². The number of carboxylic acids is 1. The first-order valence-electron chi connectivity index (χ1n) is 14.5. The van der Waals surface area contributed by atoms with Crippen molar-refractivity contribution in [3.05, 3.63) is 0 Å². The van der Waals surface area contributed by atoms with E-state index in [1.165, 1.54) is 0 Å². The second-order valence-electron chi connectivity index (χ2n) is 14.7. The summed E-state index contributed by atoms with van der Waals surface area (Å²) in [7, 11) is 0. The molecule has 0 unspecified atom stereocenters. The third kappa shape index (κ3) is 3.96. The molecule has 7 heteroatoms. The van der Waals surface area contributed by atoms with Crippen LogP contribution in [0.25, 0.3) is 0 Å². The van der Waals surface area contributed by atoms with Crippen molar-refractivity contribution in [1.82, 2.24) is 9.80 Å². The Hall–Kier alpha value is -1.92. The first-order chi connectivity index (χ1) is 17.2. The van der Waals surface area contributed by atoms with Crippen LogP contribution in [-0.4, -0.2) is 64.7 Å². The van der Waals surface area contributed by atoms with Crippen LogP contribution in [0, 0.1) is 38.9 Å². The first kappa shape index (κ1) is 26.7. The standard InChI is InChI=1S/C30H46N2O5/c1-26(2,18-23(34)35)24(36)31-13-15-32(16-14-31)25(37)29(5)10-6-9-28(4)20(29)8-12-30-17-22(33)27(3,19-30)11-7-21(28)30/h20-21H,6-19H2,1-5H3,(H,34,35)/t20-,21-,27-,28+,29+,30-/m0/s1. The average Bonchev–Trinajstić information content (AvgIpc) is 3.00. The fourth-order valence-electron chi connectivity index (χ4n) is 10.1. The molecule has 1 N–H and O–H groups in total. The van der Waals surface area contributed by atoms with Crippen molar-refractivity contribution in [1.29, 1.82) is 0 Å². The summed E-state index contributed by atoms with van der Waals surface area (Å²) in [6, 6.07) is 0. The maximum atomic E-state index is 14.2. The minimum absolute atomic E-state index is 0.0888. The molecular weight excluding hydrogens is 468 g/mol. The molecule has 4 saturated carbocycles. The second kappa shape index (κ2) is 8.54. The van der Waals surface area contributed by atoms with E-state index >= 15 is 0 Å². The number of hydrogen-bond acceptors (Lipinski definition) is 4. The van der Waals surface area contributed by atoms with E-state index in [0.29, 0.717) is 43.8 Å². The fraction of sp³-hybridized carbons (Fsp3) is 0.867. The number of carboxylic acid groups (broad SMARTS) is 1. The highest BCUT2D eigenvalue weighted by Crippen LogP contribution is 2.73. The van der Waals surface area contributed by atoms with Crippen molar-refractivity contribution < 1.29 is 24.3 Å². The Morgan fingerprint density at radius 1 is 0.919 bits per heavy atom. The molecule has 206 valence electrons. The fourth-order valence-corrected chi connectivity index (χ4v) is 10.1. The van der Waals surface area contributed by atoms with Gasteiger partial charge < -0.3 is 14.9 Å². The number of ketones is 1. The highest BCUT2D eigenvalue weighted by molar-refractivity contribution is 5.88. The molecule has 0 aromatic heterocycles. The number of carbonyl (C=O) groups is 4. The van der Waals surface area contributed by atoms with Gasteiger partial charge in [-0.3, -0.25) is 19.2 Å². The van der Waals surface area contributed by atoms with E-state index in [1.54, 1.807) is 18.7 Å². The van der Waals surface area contributed by atoms with Crippen molar-refractivity contribution >= 4 is 23.6 Å². The molecule has 37 heavy (non-hydrogen) atoms. The summed E-state index contributed by atoms with van der Waals surface area (Å²) in [4.78, 5) is 55.1. The monoisotopic (exact) mass is 514 g/mol. The van der Waals surface area contributed by atoms with Gasteiger partial charge in [-0.1, -0.05) is 41.0 Å². The third-order valence-electron chi connectivity index (χ3n) is 11.9. The van der Waals surface area contributed by atoms with Crippen LogP contribution in [0.2, 0.25) is 0 Å². The van der Waals surface area contributed by atoms with Gasteiger partial charge in [0.2, 0.25) is 11.8 Å². The number of rotatable bonds is 4. The minimum Gasteiger partial charge on any atom is -0.481 e. The van der Waals surface area contributed by atoms with Gasteiger partial charge in [0.05, 0.1) is 11.8 Å². The van der Waals surface area contributed by atoms with E-state index in [2.05, 4.69) is 20.8 Å². The van der Waals surface area contributed by atoms with Gasteiger partial charge in [0.1, 0.15) is 5.78 Å². The Bertz CT molecular complexity index is 1020. The van der Waals surface area contributed by atoms with Crippen molar-refractivity contribution in [3.63, 3.8) is 0 Å². The smallest absolute Gasteiger partial charge is 0.304 e. The predicted molar refractivity (Wildman–Crippen MR) is 139 cm³/mol. The maximum Gasteiger partial charge on any atom is 0.304 e. The Kier molecular flexibility index (Phi) is 6.16. The largest absolute Gasteiger partial charge is 0.481 e. The quantitative estimate of drug-likeness (QED) is 0.595. The van der Waals surface area contributed by atoms with Gasteiger partial charge in [-0.25, -0.2) is 0 Å². The maximum absolute atomic E-state index is 14.2. The van der Waals surface area contributed by atoms with Crippen molar-refractivity contribution in [2.45, 2.75) is 98.8 Å². The number of Topliss-reactive ketones (excluding diaryl/α,β-unsaturated/α-hetero) is 1. The molecule has 2 amide bonds. The zero-order chi connectivity index (χ0) is 27.0. The minimum atomic E-state index is -0.973. The normalized spacial score (nSPS) is 41.7. The molecule has 5 aliphatic rings. The van der Waals surface area contributed by atoms with Crippen LogP contribution in [-0.2, 0) is 19.2 Å². The molecule has 0 aromatic carbocycles. The Labute approximate surface area is 221 Å². The van der Waals surface area contributed by atoms with Gasteiger partial charge in [0.25, 0.3) is 0 Å². The number of hydrogen-bond donors (Lipinski definition) is 1. The van der Waals surface area contributed by atoms with E-state index in [0.717, 1.165) is 57.8 Å². The topological polar surface area (TPSA) is 95.0 Å². The van der Waals surface area contributed by atoms with Crippen LogP contribution in [0.5, 0.6) is 0 Å². The van der Waals surface area contributed by atoms with E-state index in [4.69, 9.17) is 0 Å². The zero-order valence-corrected chi connectivity index (χ0v) is 23.5. The van der Waals surface area contributed by atoms with E-state index < -0.39 is 16.8 Å². The van der Waals surface area contributed by atoms with E-state index in [-0.39, 0.29) is 34.5 Å². The molecule has 5 fully saturated rings. The molecule has 6 atom stereocenters. The summed E-state index contributed by atoms with van der Waals surface area (Å²) < 4.78 is 0. The molecule has 0 aromatic rings. The number of piperazine rings is 1. The lowest BCUT2D eigenvalue weighted by Gasteiger charge is -2.64. The Morgan fingerprint density at radius 3 is 2.19 bits per heavy atom. The van der Waals surface area contributed by atoms with Crippen LogP contribution >= 0.6 is 0 Å². The molecule has 1 spiro atoms. The molecule has 1 heterocycles. The predicted octanol–water partition coefficient (Wildman–Crippen LogP) is 4.53. The zero-order valence-electron chi connectivity index (χ0n) is 23.5. The molecule has 0 radical (unpaired) electrons. The summed E-state index contributed by atoms with van der Waals surface area (Å²) in [5, 5.41) is 9.19. The number of amides is 2. The second-order valence-corrected chi connectivity index (χ2v) is 14.7. The van der Waals surface area contributed by atoms with Crippen LogP contribution in [0.1, 0.15) is 98.8 Å². The van der Waals surface area contributed by atoms with Gasteiger partial charge in [0, 0.05) is 43.4 Å². The molecule has 7 nitrogen and oxygen atoms in total. The Morgan fingerprint density at radius 2 is 1.54 bits per heavy atom. The van der Waals surface area contributed by atoms with Crippen molar-refractivity contribution in [2.75, 3.05) is 26.2 Å². The van der Waals surface area contributed by atoms with Crippen molar-refractivity contribution in [2.24, 2.45) is 38.9 Å². The van der Waals surface area contributed by atoms with Gasteiger partial charge >= 0.3 is 5.97 Å². The van der Waals surface area contributed by atoms with Gasteiger partial charge in [0.15, 0.2) is 0 Å². The van der Waals surface area contributed by atoms with Crippen LogP contribution in [0.4, 0.5) is 0 Å². The third-order valence-corrected chi connectivity index (χ3v) is 11.9. The number of aliphatic carboxylic acids is 1. The Balaban J connectivity index is 1.31. The summed E-state index contributed by atoms with van der Waals surface area (Å²) in [6.45, 7) is 12.1. The lowest BCUT2D eigenvalue weighted by molar-refractivity contribution is -0.179. The molecule has 1 aliphatic heterocycles. The van der Waals surface area contributed by atoms with Crippen molar-refractivity contribution in [3.8, 4) is 0 Å². The highest BCUT2D eigenvalue weighted by Gasteiger charge is 2.68. The first-order valence-corrected chi connectivity index (χ1v) is 14.5. The summed E-state index contributed by atoms with van der Waals surface area (Å²) in [6.07, 6.45) is 8.92. The summed E-state index contributed by atoms with van der Waals surface area (Å²) >= 11 is 0. The molecule has 5 rings (SSSR count). The van der Waals surface area contributed by atoms with Crippen LogP contribution < -0.4 is 0 Å². The number of carbonyl (C=O) groups excluding carboxylic acids is 3. The SMILES string of the molecule is CC(C)(CC(=O)O)C(=O)N1CCN(C(=O)[C@]2(C)CCC[C@@]3(C)[C@@H]4CC[C@@]5(C)C[C@]4(CC[C@@H]32)CC5=O)CC1. The van der Waals surface area contributed by atoms with Gasteiger partial charge in [-0.15, -0.1) is 0 Å². The average molecular weight is 515 g/mol. The molecular formula is C30H46N2O5. The lowest BCUT2D eigenvalue weighted by Crippen LogP contribution is -2.62. The summed E-state index contributed by atoms with van der Waals surface area (Å²) in [5.41, 5.74) is -1.25. The van der Waals surface area contributed by atoms with Crippen LogP contribution in [0.15, 0.2) is 0 Å². The number of fused-ring (bicyclic) bond motifs is 3. The van der Waals surface area contributed by atoms with E-state index in [1.807, 2.05) is 4.90 Å². The lowest BCUT2D eigenvalue weighted by atomic mass is 9.40. The molecule has 1 saturated heterocycles. The molecule has 4 aliphatic carbocycles. The van der Waals surface area contributed by atoms with Crippen LogP contribution in [0.3, 0.4) is 0 Å². The van der Waals surface area contributed by atoms with Gasteiger partial charge in [-0.05, 0) is 67.6 Å². The van der Waals surface area contributed by atoms with Gasteiger partial charge in [-0.2, -0.15) is 0 Å². The summed E-state index contributed by atoms with van der Waals surface area (Å²) in [5.74, 6) is 0.443.